The zero-order valence-electron chi connectivity index (χ0n) is 8.72. The topological polar surface area (TPSA) is 0 Å². The molecule has 0 atom stereocenters. The number of halogens is 1. The second-order valence-corrected chi connectivity index (χ2v) is 4.60. The Morgan fingerprint density at radius 1 is 1.07 bits per heavy atom. The van der Waals surface area contributed by atoms with Gasteiger partial charge in [0.1, 0.15) is 5.82 Å². The first-order chi connectivity index (χ1) is 6.72. The molecule has 1 saturated carbocycles. The molecule has 1 fully saturated rings. The van der Waals surface area contributed by atoms with Gasteiger partial charge in [-0.25, -0.2) is 4.39 Å². The van der Waals surface area contributed by atoms with Crippen molar-refractivity contribution < 1.29 is 4.39 Å². The van der Waals surface area contributed by atoms with Crippen LogP contribution in [0.25, 0.3) is 0 Å². The average Bonchev–Trinajstić information content (AvgIpc) is 2.19. The summed E-state index contributed by atoms with van der Waals surface area (Å²) < 4.78 is 13.6. The first-order valence-corrected chi connectivity index (χ1v) is 5.47. The maximum Gasteiger partial charge on any atom is 0.126 e. The lowest BCUT2D eigenvalue weighted by Crippen LogP contribution is -2.26. The molecule has 0 bridgehead atoms. The van der Waals surface area contributed by atoms with Crippen molar-refractivity contribution in [3.63, 3.8) is 0 Å². The van der Waals surface area contributed by atoms with Gasteiger partial charge in [0.25, 0.3) is 0 Å². The van der Waals surface area contributed by atoms with Crippen LogP contribution in [0.15, 0.2) is 24.3 Å². The van der Waals surface area contributed by atoms with E-state index in [0.717, 1.165) is 18.4 Å². The molecular weight excluding hydrogens is 175 g/mol. The Bertz CT molecular complexity index is 311. The van der Waals surface area contributed by atoms with E-state index in [2.05, 4.69) is 6.92 Å². The SMILES string of the molecule is CC1(c2ccccc2F)CCCCC1. The fraction of sp³-hybridized carbons (Fsp3) is 0.538. The van der Waals surface area contributed by atoms with Crippen LogP contribution in [0.2, 0.25) is 0 Å². The predicted molar refractivity (Wildman–Crippen MR) is 56.8 cm³/mol. The highest BCUT2D eigenvalue weighted by Crippen LogP contribution is 2.39. The van der Waals surface area contributed by atoms with E-state index in [1.807, 2.05) is 12.1 Å². The number of rotatable bonds is 1. The maximum atomic E-state index is 13.6. The molecule has 1 aliphatic rings. The van der Waals surface area contributed by atoms with E-state index in [9.17, 15) is 4.39 Å². The van der Waals surface area contributed by atoms with Gasteiger partial charge in [0.2, 0.25) is 0 Å². The lowest BCUT2D eigenvalue weighted by Gasteiger charge is -2.34. The van der Waals surface area contributed by atoms with Crippen molar-refractivity contribution in [3.8, 4) is 0 Å². The molecule has 2 rings (SSSR count). The summed E-state index contributed by atoms with van der Waals surface area (Å²) in [5.41, 5.74) is 1.00. The number of benzene rings is 1. The Morgan fingerprint density at radius 3 is 2.36 bits per heavy atom. The van der Waals surface area contributed by atoms with E-state index in [0.29, 0.717) is 0 Å². The van der Waals surface area contributed by atoms with Crippen molar-refractivity contribution in [3.05, 3.63) is 35.6 Å². The molecule has 0 unspecified atom stereocenters. The first kappa shape index (κ1) is 9.70. The lowest BCUT2D eigenvalue weighted by atomic mass is 9.71. The van der Waals surface area contributed by atoms with Crippen molar-refractivity contribution in [1.29, 1.82) is 0 Å². The van der Waals surface area contributed by atoms with E-state index in [-0.39, 0.29) is 11.2 Å². The third kappa shape index (κ3) is 1.68. The van der Waals surface area contributed by atoms with E-state index in [1.54, 1.807) is 12.1 Å². The van der Waals surface area contributed by atoms with Crippen molar-refractivity contribution in [2.75, 3.05) is 0 Å². The first-order valence-electron chi connectivity index (χ1n) is 5.47. The fourth-order valence-electron chi connectivity index (χ4n) is 2.55. The predicted octanol–water partition coefficient (Wildman–Crippen LogP) is 4.05. The minimum absolute atomic E-state index is 0.0306. The van der Waals surface area contributed by atoms with Gasteiger partial charge >= 0.3 is 0 Å². The third-order valence-electron chi connectivity index (χ3n) is 3.48. The highest BCUT2D eigenvalue weighted by Gasteiger charge is 2.30. The molecule has 0 heterocycles. The number of hydrogen-bond acceptors (Lipinski definition) is 0. The summed E-state index contributed by atoms with van der Waals surface area (Å²) in [6.07, 6.45) is 6.06. The molecule has 0 radical (unpaired) electrons. The Hall–Kier alpha value is -0.850. The van der Waals surface area contributed by atoms with Crippen molar-refractivity contribution in [2.45, 2.75) is 44.4 Å². The Labute approximate surface area is 85.1 Å². The summed E-state index contributed by atoms with van der Waals surface area (Å²) >= 11 is 0. The Morgan fingerprint density at radius 2 is 1.71 bits per heavy atom. The highest BCUT2D eigenvalue weighted by atomic mass is 19.1. The molecular formula is C13H17F. The van der Waals surface area contributed by atoms with Crippen LogP contribution >= 0.6 is 0 Å². The van der Waals surface area contributed by atoms with Crippen LogP contribution in [0.4, 0.5) is 4.39 Å². The van der Waals surface area contributed by atoms with Gasteiger partial charge in [-0.1, -0.05) is 44.4 Å². The molecule has 0 amide bonds. The third-order valence-corrected chi connectivity index (χ3v) is 3.48. The van der Waals surface area contributed by atoms with Gasteiger partial charge in [0.15, 0.2) is 0 Å². The molecule has 0 aliphatic heterocycles. The smallest absolute Gasteiger partial charge is 0.126 e. The van der Waals surface area contributed by atoms with Gasteiger partial charge in [0, 0.05) is 0 Å². The normalized spacial score (nSPS) is 20.7. The van der Waals surface area contributed by atoms with E-state index in [1.165, 1.54) is 19.3 Å². The molecule has 0 saturated heterocycles. The quantitative estimate of drug-likeness (QED) is 0.629. The molecule has 14 heavy (non-hydrogen) atoms. The summed E-state index contributed by atoms with van der Waals surface area (Å²) in [7, 11) is 0. The van der Waals surface area contributed by atoms with Gasteiger partial charge in [0.05, 0.1) is 0 Å². The van der Waals surface area contributed by atoms with Crippen LogP contribution < -0.4 is 0 Å². The molecule has 1 aromatic rings. The van der Waals surface area contributed by atoms with Crippen LogP contribution in [0.3, 0.4) is 0 Å². The Balaban J connectivity index is 2.32. The summed E-state index contributed by atoms with van der Waals surface area (Å²) in [5, 5.41) is 0. The van der Waals surface area contributed by atoms with Crippen LogP contribution in [-0.2, 0) is 5.41 Å². The van der Waals surface area contributed by atoms with Crippen molar-refractivity contribution >= 4 is 0 Å². The van der Waals surface area contributed by atoms with Gasteiger partial charge in [-0.3, -0.25) is 0 Å². The monoisotopic (exact) mass is 192 g/mol. The summed E-state index contributed by atoms with van der Waals surface area (Å²) in [5.74, 6) is -0.0306. The second kappa shape index (κ2) is 3.72. The fourth-order valence-corrected chi connectivity index (χ4v) is 2.55. The molecule has 1 heteroatoms. The van der Waals surface area contributed by atoms with Gasteiger partial charge < -0.3 is 0 Å². The second-order valence-electron chi connectivity index (χ2n) is 4.60. The lowest BCUT2D eigenvalue weighted by molar-refractivity contribution is 0.309. The average molecular weight is 192 g/mol. The van der Waals surface area contributed by atoms with Gasteiger partial charge in [-0.05, 0) is 29.9 Å². The summed E-state index contributed by atoms with van der Waals surface area (Å²) in [4.78, 5) is 0. The Kier molecular flexibility index (Phi) is 2.58. The van der Waals surface area contributed by atoms with Gasteiger partial charge in [-0.2, -0.15) is 0 Å². The van der Waals surface area contributed by atoms with Crippen molar-refractivity contribution in [2.24, 2.45) is 0 Å². The molecule has 0 N–H and O–H groups in total. The molecule has 0 spiro atoms. The maximum absolute atomic E-state index is 13.6. The largest absolute Gasteiger partial charge is 0.207 e. The van der Waals surface area contributed by atoms with E-state index < -0.39 is 0 Å². The standard InChI is InChI=1S/C13H17F/c1-13(9-5-2-6-10-13)11-7-3-4-8-12(11)14/h3-4,7-8H,2,5-6,9-10H2,1H3. The number of hydrogen-bond donors (Lipinski definition) is 0. The van der Waals surface area contributed by atoms with E-state index in [4.69, 9.17) is 0 Å². The molecule has 1 aromatic carbocycles. The molecule has 0 nitrogen and oxygen atoms in total. The summed E-state index contributed by atoms with van der Waals surface area (Å²) in [6.45, 7) is 2.20. The zero-order valence-corrected chi connectivity index (χ0v) is 8.72. The van der Waals surface area contributed by atoms with Crippen molar-refractivity contribution in [1.82, 2.24) is 0 Å². The summed E-state index contributed by atoms with van der Waals surface area (Å²) in [6, 6.07) is 7.24. The molecule has 0 aromatic heterocycles. The molecule has 1 aliphatic carbocycles. The van der Waals surface area contributed by atoms with Crippen LogP contribution in [0, 0.1) is 5.82 Å². The zero-order chi connectivity index (χ0) is 10.0. The highest BCUT2D eigenvalue weighted by molar-refractivity contribution is 5.26. The minimum Gasteiger partial charge on any atom is -0.207 e. The van der Waals surface area contributed by atoms with Crippen LogP contribution in [0.1, 0.15) is 44.6 Å². The van der Waals surface area contributed by atoms with Crippen LogP contribution in [0.5, 0.6) is 0 Å². The van der Waals surface area contributed by atoms with E-state index >= 15 is 0 Å². The van der Waals surface area contributed by atoms with Crippen LogP contribution in [-0.4, -0.2) is 0 Å². The van der Waals surface area contributed by atoms with Gasteiger partial charge in [-0.15, -0.1) is 0 Å². The molecule has 76 valence electrons. The minimum atomic E-state index is -0.0306.